The van der Waals surface area contributed by atoms with Gasteiger partial charge < -0.3 is 15.1 Å². The minimum atomic E-state index is -0.0984. The van der Waals surface area contributed by atoms with E-state index in [-0.39, 0.29) is 30.3 Å². The highest BCUT2D eigenvalue weighted by atomic mass is 35.5. The lowest BCUT2D eigenvalue weighted by atomic mass is 10.0. The van der Waals surface area contributed by atoms with Crippen molar-refractivity contribution in [1.82, 2.24) is 15.1 Å². The van der Waals surface area contributed by atoms with Crippen LogP contribution >= 0.6 is 24.0 Å². The molecule has 2 aromatic carbocycles. The molecule has 0 aliphatic carbocycles. The van der Waals surface area contributed by atoms with E-state index in [1.54, 1.807) is 0 Å². The highest BCUT2D eigenvalue weighted by Crippen LogP contribution is 2.29. The van der Waals surface area contributed by atoms with Crippen LogP contribution in [0.1, 0.15) is 40.4 Å². The molecule has 0 radical (unpaired) electrons. The normalized spacial score (nSPS) is 19.2. The van der Waals surface area contributed by atoms with E-state index in [4.69, 9.17) is 11.6 Å². The smallest absolute Gasteiger partial charge is 0.254 e. The first-order chi connectivity index (χ1) is 13.6. The van der Waals surface area contributed by atoms with Gasteiger partial charge in [-0.2, -0.15) is 0 Å². The molecule has 2 heterocycles. The first kappa shape index (κ1) is 21.6. The summed E-state index contributed by atoms with van der Waals surface area (Å²) in [5.41, 5.74) is 2.61. The Labute approximate surface area is 182 Å². The number of carbonyl (C=O) groups excluding carboxylic acids is 2. The van der Waals surface area contributed by atoms with Crippen LogP contribution in [-0.4, -0.2) is 47.8 Å². The van der Waals surface area contributed by atoms with Gasteiger partial charge in [-0.05, 0) is 35.7 Å². The van der Waals surface area contributed by atoms with Crippen molar-refractivity contribution < 1.29 is 9.59 Å². The predicted molar refractivity (Wildman–Crippen MR) is 116 cm³/mol. The van der Waals surface area contributed by atoms with E-state index in [2.05, 4.69) is 5.32 Å². The fourth-order valence-corrected chi connectivity index (χ4v) is 4.29. The van der Waals surface area contributed by atoms with Gasteiger partial charge >= 0.3 is 0 Å². The summed E-state index contributed by atoms with van der Waals surface area (Å²) < 4.78 is 0. The molecule has 29 heavy (non-hydrogen) atoms. The molecule has 7 heteroatoms. The molecule has 0 aromatic heterocycles. The number of nitrogens with one attached hydrogen (secondary N) is 1. The summed E-state index contributed by atoms with van der Waals surface area (Å²) in [6, 6.07) is 15.2. The fraction of sp³-hybridized carbons (Fsp3) is 0.364. The van der Waals surface area contributed by atoms with Crippen molar-refractivity contribution in [2.24, 2.45) is 0 Å². The Balaban J connectivity index is 0.00000240. The second kappa shape index (κ2) is 9.61. The van der Waals surface area contributed by atoms with Gasteiger partial charge in [-0.15, -0.1) is 12.4 Å². The first-order valence-electron chi connectivity index (χ1n) is 9.76. The lowest BCUT2D eigenvalue weighted by Crippen LogP contribution is -2.48. The molecule has 2 aliphatic heterocycles. The van der Waals surface area contributed by atoms with Crippen LogP contribution in [-0.2, 0) is 11.3 Å². The zero-order chi connectivity index (χ0) is 19.5. The SMILES string of the molecule is Cl.O=C1CCCN1Cc1cccc(C(=O)N2CCNCC2c2ccccc2Cl)c1. The third-order valence-corrected chi connectivity index (χ3v) is 5.83. The number of hydrogen-bond donors (Lipinski definition) is 1. The number of carbonyl (C=O) groups is 2. The molecule has 1 unspecified atom stereocenters. The minimum absolute atomic E-state index is 0. The molecule has 2 aromatic rings. The first-order valence-corrected chi connectivity index (χ1v) is 10.1. The molecule has 1 N–H and O–H groups in total. The number of benzene rings is 2. The molecule has 2 amide bonds. The zero-order valence-corrected chi connectivity index (χ0v) is 17.7. The summed E-state index contributed by atoms with van der Waals surface area (Å²) >= 11 is 6.40. The van der Waals surface area contributed by atoms with Crippen LogP contribution in [0.3, 0.4) is 0 Å². The maximum atomic E-state index is 13.3. The third kappa shape index (κ3) is 4.74. The van der Waals surface area contributed by atoms with E-state index in [0.717, 1.165) is 30.6 Å². The van der Waals surface area contributed by atoms with Crippen LogP contribution in [0.5, 0.6) is 0 Å². The summed E-state index contributed by atoms with van der Waals surface area (Å²) in [6.07, 6.45) is 1.54. The highest BCUT2D eigenvalue weighted by Gasteiger charge is 2.30. The number of halogens is 2. The van der Waals surface area contributed by atoms with Gasteiger partial charge in [-0.1, -0.05) is 41.9 Å². The van der Waals surface area contributed by atoms with Crippen molar-refractivity contribution in [2.45, 2.75) is 25.4 Å². The van der Waals surface area contributed by atoms with Gasteiger partial charge in [0.15, 0.2) is 0 Å². The summed E-state index contributed by atoms with van der Waals surface area (Å²) in [7, 11) is 0. The number of piperazine rings is 1. The Hall–Kier alpha value is -2.08. The molecule has 154 valence electrons. The molecule has 2 saturated heterocycles. The average Bonchev–Trinajstić information content (AvgIpc) is 3.12. The van der Waals surface area contributed by atoms with Crippen molar-refractivity contribution >= 4 is 35.8 Å². The van der Waals surface area contributed by atoms with E-state index in [9.17, 15) is 9.59 Å². The Bertz CT molecular complexity index is 890. The van der Waals surface area contributed by atoms with Crippen LogP contribution in [0.4, 0.5) is 0 Å². The van der Waals surface area contributed by atoms with Gasteiger partial charge in [0.2, 0.25) is 5.91 Å². The molecular formula is C22H25Cl2N3O2. The van der Waals surface area contributed by atoms with Crippen LogP contribution < -0.4 is 5.32 Å². The maximum Gasteiger partial charge on any atom is 0.254 e. The lowest BCUT2D eigenvalue weighted by molar-refractivity contribution is -0.128. The van der Waals surface area contributed by atoms with E-state index in [1.807, 2.05) is 58.3 Å². The van der Waals surface area contributed by atoms with Gasteiger partial charge in [-0.25, -0.2) is 0 Å². The standard InChI is InChI=1S/C22H24ClN3O2.ClH/c23-19-8-2-1-7-18(19)20-14-24-10-12-26(20)22(28)17-6-3-5-16(13-17)15-25-11-4-9-21(25)27;/h1-3,5-8,13,20,24H,4,9-12,14-15H2;1H. The topological polar surface area (TPSA) is 52.7 Å². The van der Waals surface area contributed by atoms with Crippen LogP contribution in [0.15, 0.2) is 48.5 Å². The molecule has 4 rings (SSSR count). The second-order valence-electron chi connectivity index (χ2n) is 7.36. The zero-order valence-electron chi connectivity index (χ0n) is 16.1. The van der Waals surface area contributed by atoms with E-state index in [0.29, 0.717) is 36.6 Å². The number of amides is 2. The highest BCUT2D eigenvalue weighted by molar-refractivity contribution is 6.31. The number of rotatable bonds is 4. The molecule has 2 aliphatic rings. The fourth-order valence-electron chi connectivity index (χ4n) is 4.03. The van der Waals surface area contributed by atoms with Crippen molar-refractivity contribution in [3.63, 3.8) is 0 Å². The van der Waals surface area contributed by atoms with Gasteiger partial charge in [0.25, 0.3) is 5.91 Å². The third-order valence-electron chi connectivity index (χ3n) is 5.49. The largest absolute Gasteiger partial charge is 0.338 e. The van der Waals surface area contributed by atoms with E-state index < -0.39 is 0 Å². The Kier molecular flexibility index (Phi) is 7.17. The number of hydrogen-bond acceptors (Lipinski definition) is 3. The van der Waals surface area contributed by atoms with Gasteiger partial charge in [0.05, 0.1) is 6.04 Å². The molecular weight excluding hydrogens is 409 g/mol. The molecule has 0 bridgehead atoms. The van der Waals surface area contributed by atoms with Gasteiger partial charge in [0.1, 0.15) is 0 Å². The van der Waals surface area contributed by atoms with Crippen molar-refractivity contribution in [3.05, 3.63) is 70.2 Å². The lowest BCUT2D eigenvalue weighted by Gasteiger charge is -2.37. The van der Waals surface area contributed by atoms with Crippen molar-refractivity contribution in [1.29, 1.82) is 0 Å². The average molecular weight is 434 g/mol. The number of nitrogens with zero attached hydrogens (tertiary/aromatic N) is 2. The molecule has 5 nitrogen and oxygen atoms in total. The predicted octanol–water partition coefficient (Wildman–Crippen LogP) is 3.67. The molecule has 1 atom stereocenters. The molecule has 2 fully saturated rings. The van der Waals surface area contributed by atoms with E-state index in [1.165, 1.54) is 0 Å². The molecule has 0 spiro atoms. The summed E-state index contributed by atoms with van der Waals surface area (Å²) in [4.78, 5) is 29.0. The van der Waals surface area contributed by atoms with Crippen molar-refractivity contribution in [2.75, 3.05) is 26.2 Å². The Morgan fingerprint density at radius 1 is 1.14 bits per heavy atom. The minimum Gasteiger partial charge on any atom is -0.338 e. The molecule has 0 saturated carbocycles. The van der Waals surface area contributed by atoms with E-state index >= 15 is 0 Å². The van der Waals surface area contributed by atoms with Crippen LogP contribution in [0, 0.1) is 0 Å². The van der Waals surface area contributed by atoms with Crippen LogP contribution in [0.25, 0.3) is 0 Å². The monoisotopic (exact) mass is 433 g/mol. The summed E-state index contributed by atoms with van der Waals surface area (Å²) in [6.45, 7) is 3.43. The second-order valence-corrected chi connectivity index (χ2v) is 7.77. The van der Waals surface area contributed by atoms with Crippen LogP contribution in [0.2, 0.25) is 5.02 Å². The van der Waals surface area contributed by atoms with Gasteiger partial charge in [0, 0.05) is 49.7 Å². The quantitative estimate of drug-likeness (QED) is 0.799. The Morgan fingerprint density at radius 3 is 2.72 bits per heavy atom. The summed E-state index contributed by atoms with van der Waals surface area (Å²) in [5, 5.41) is 4.04. The maximum absolute atomic E-state index is 13.3. The van der Waals surface area contributed by atoms with Gasteiger partial charge in [-0.3, -0.25) is 9.59 Å². The summed E-state index contributed by atoms with van der Waals surface area (Å²) in [5.74, 6) is 0.193. The number of likely N-dealkylation sites (tertiary alicyclic amines) is 1. The van der Waals surface area contributed by atoms with Crippen molar-refractivity contribution in [3.8, 4) is 0 Å². The Morgan fingerprint density at radius 2 is 1.97 bits per heavy atom.